The van der Waals surface area contributed by atoms with E-state index in [1.807, 2.05) is 6.92 Å². The van der Waals surface area contributed by atoms with Crippen molar-refractivity contribution in [3.63, 3.8) is 0 Å². The van der Waals surface area contributed by atoms with Crippen molar-refractivity contribution in [1.82, 2.24) is 15.3 Å². The first-order chi connectivity index (χ1) is 12.2. The lowest BCUT2D eigenvalue weighted by atomic mass is 9.70. The topological polar surface area (TPSA) is 85.3 Å². The van der Waals surface area contributed by atoms with Gasteiger partial charge in [-0.25, -0.2) is 4.98 Å². The van der Waals surface area contributed by atoms with Crippen LogP contribution in [0.3, 0.4) is 0 Å². The first-order valence-corrected chi connectivity index (χ1v) is 10.1. The van der Waals surface area contributed by atoms with Gasteiger partial charge in [0, 0.05) is 18.0 Å². The van der Waals surface area contributed by atoms with Crippen LogP contribution in [0, 0.1) is 5.92 Å². The van der Waals surface area contributed by atoms with Gasteiger partial charge in [0.15, 0.2) is 5.82 Å². The van der Waals surface area contributed by atoms with E-state index in [9.17, 15) is 5.11 Å². The molecule has 26 heavy (non-hydrogen) atoms. The molecule has 2 heterocycles. The second kappa shape index (κ2) is 7.22. The Hall–Kier alpha value is -1.56. The van der Waals surface area contributed by atoms with E-state index in [0.717, 1.165) is 68.4 Å². The summed E-state index contributed by atoms with van der Waals surface area (Å²) in [6, 6.07) is 0.385. The van der Waals surface area contributed by atoms with Gasteiger partial charge < -0.3 is 20.7 Å². The molecule has 6 nitrogen and oxygen atoms in total. The number of aliphatic imine (C=N–C) groups is 1. The van der Waals surface area contributed by atoms with Crippen LogP contribution in [0.4, 0.5) is 5.82 Å². The number of nitrogens with zero attached hydrogens (tertiary/aromatic N) is 2. The summed E-state index contributed by atoms with van der Waals surface area (Å²) in [5.41, 5.74) is 0.412. The quantitative estimate of drug-likeness (QED) is 0.627. The molecular formula is C20H35N5O. The lowest BCUT2D eigenvalue weighted by molar-refractivity contribution is 0.00179. The number of anilines is 1. The maximum absolute atomic E-state index is 10.3. The SMILES string of the molecule is CCCNc1nc(C2(C)CCC(C)(O)CC2)[nH]c1C1=NC[C@@H](C(C)C)N1. The number of hydrogen-bond donors (Lipinski definition) is 4. The summed E-state index contributed by atoms with van der Waals surface area (Å²) in [6.07, 6.45) is 4.55. The maximum Gasteiger partial charge on any atom is 0.155 e. The van der Waals surface area contributed by atoms with Crippen LogP contribution in [0.2, 0.25) is 0 Å². The van der Waals surface area contributed by atoms with Crippen LogP contribution in [0.1, 0.15) is 78.2 Å². The summed E-state index contributed by atoms with van der Waals surface area (Å²) < 4.78 is 0. The van der Waals surface area contributed by atoms with Gasteiger partial charge in [-0.05, 0) is 44.9 Å². The molecule has 4 N–H and O–H groups in total. The smallest absolute Gasteiger partial charge is 0.155 e. The molecule has 1 fully saturated rings. The molecule has 0 radical (unpaired) electrons. The highest BCUT2D eigenvalue weighted by Crippen LogP contribution is 2.42. The van der Waals surface area contributed by atoms with E-state index in [1.54, 1.807) is 0 Å². The lowest BCUT2D eigenvalue weighted by Crippen LogP contribution is -2.38. The van der Waals surface area contributed by atoms with Crippen molar-refractivity contribution >= 4 is 11.7 Å². The predicted octanol–water partition coefficient (Wildman–Crippen LogP) is 3.19. The van der Waals surface area contributed by atoms with E-state index in [-0.39, 0.29) is 5.41 Å². The molecule has 1 atom stereocenters. The minimum atomic E-state index is -0.542. The summed E-state index contributed by atoms with van der Waals surface area (Å²) >= 11 is 0. The van der Waals surface area contributed by atoms with Gasteiger partial charge >= 0.3 is 0 Å². The van der Waals surface area contributed by atoms with Gasteiger partial charge in [-0.2, -0.15) is 0 Å². The zero-order valence-electron chi connectivity index (χ0n) is 16.9. The molecule has 0 aromatic carbocycles. The van der Waals surface area contributed by atoms with Crippen molar-refractivity contribution in [2.45, 2.75) is 83.8 Å². The number of aromatic nitrogens is 2. The van der Waals surface area contributed by atoms with Crippen molar-refractivity contribution in [1.29, 1.82) is 0 Å². The Morgan fingerprint density at radius 2 is 1.92 bits per heavy atom. The van der Waals surface area contributed by atoms with Gasteiger partial charge in [0.2, 0.25) is 0 Å². The summed E-state index contributed by atoms with van der Waals surface area (Å²) in [5.74, 6) is 3.38. The average molecular weight is 362 g/mol. The van der Waals surface area contributed by atoms with E-state index < -0.39 is 5.60 Å². The summed E-state index contributed by atoms with van der Waals surface area (Å²) in [4.78, 5) is 13.3. The number of H-pyrrole nitrogens is 1. The number of aliphatic hydroxyl groups is 1. The fourth-order valence-corrected chi connectivity index (χ4v) is 3.76. The highest BCUT2D eigenvalue weighted by Gasteiger charge is 2.40. The zero-order valence-corrected chi connectivity index (χ0v) is 16.9. The van der Waals surface area contributed by atoms with Crippen LogP contribution >= 0.6 is 0 Å². The fourth-order valence-electron chi connectivity index (χ4n) is 3.76. The van der Waals surface area contributed by atoms with E-state index in [0.29, 0.717) is 12.0 Å². The third-order valence-electron chi connectivity index (χ3n) is 6.06. The highest BCUT2D eigenvalue weighted by molar-refractivity contribution is 6.02. The number of amidine groups is 1. The molecule has 2 aliphatic rings. The molecule has 6 heteroatoms. The Morgan fingerprint density at radius 1 is 1.23 bits per heavy atom. The standard InChI is InChI=1S/C20H35N5O/c1-6-11-21-16-15(17-22-12-14(23-17)13(2)3)24-18(25-16)19(4)7-9-20(5,26)10-8-19/h13-14,21,26H,6-12H2,1-5H3,(H,22,23)(H,24,25)/t14-,19?,20?/m0/s1. The number of nitrogens with one attached hydrogen (secondary N) is 3. The second-order valence-corrected chi connectivity index (χ2v) is 8.98. The minimum Gasteiger partial charge on any atom is -0.390 e. The van der Waals surface area contributed by atoms with Crippen LogP contribution in [-0.4, -0.2) is 45.6 Å². The third-order valence-corrected chi connectivity index (χ3v) is 6.06. The van der Waals surface area contributed by atoms with Crippen LogP contribution in [-0.2, 0) is 5.41 Å². The number of aromatic amines is 1. The molecule has 0 bridgehead atoms. The highest BCUT2D eigenvalue weighted by atomic mass is 16.3. The Balaban J connectivity index is 1.85. The monoisotopic (exact) mass is 361 g/mol. The lowest BCUT2D eigenvalue weighted by Gasteiger charge is -2.39. The Bertz CT molecular complexity index is 651. The molecule has 1 saturated carbocycles. The van der Waals surface area contributed by atoms with E-state index in [1.165, 1.54) is 0 Å². The molecular weight excluding hydrogens is 326 g/mol. The molecule has 0 spiro atoms. The van der Waals surface area contributed by atoms with Gasteiger partial charge in [-0.3, -0.25) is 4.99 Å². The van der Waals surface area contributed by atoms with Crippen LogP contribution in [0.5, 0.6) is 0 Å². The first kappa shape index (κ1) is 19.2. The Kier molecular flexibility index (Phi) is 5.33. The molecule has 1 aromatic heterocycles. The number of hydrogen-bond acceptors (Lipinski definition) is 5. The van der Waals surface area contributed by atoms with Gasteiger partial charge in [0.1, 0.15) is 17.4 Å². The third kappa shape index (κ3) is 3.90. The normalized spacial score (nSPS) is 31.8. The van der Waals surface area contributed by atoms with Crippen LogP contribution < -0.4 is 10.6 Å². The van der Waals surface area contributed by atoms with E-state index in [4.69, 9.17) is 9.98 Å². The van der Waals surface area contributed by atoms with Crippen molar-refractivity contribution in [3.8, 4) is 0 Å². The van der Waals surface area contributed by atoms with Crippen LogP contribution in [0.15, 0.2) is 4.99 Å². The van der Waals surface area contributed by atoms with Crippen LogP contribution in [0.25, 0.3) is 0 Å². The predicted molar refractivity (Wildman–Crippen MR) is 107 cm³/mol. The Labute approximate surface area is 157 Å². The molecule has 3 rings (SSSR count). The summed E-state index contributed by atoms with van der Waals surface area (Å²) in [7, 11) is 0. The first-order valence-electron chi connectivity index (χ1n) is 10.1. The second-order valence-electron chi connectivity index (χ2n) is 8.98. The van der Waals surface area contributed by atoms with E-state index >= 15 is 0 Å². The Morgan fingerprint density at radius 3 is 2.50 bits per heavy atom. The van der Waals surface area contributed by atoms with Crippen molar-refractivity contribution in [2.24, 2.45) is 10.9 Å². The summed E-state index contributed by atoms with van der Waals surface area (Å²) in [5, 5.41) is 17.3. The largest absolute Gasteiger partial charge is 0.390 e. The molecule has 1 aromatic rings. The molecule has 0 saturated heterocycles. The van der Waals surface area contributed by atoms with Crippen molar-refractivity contribution in [3.05, 3.63) is 11.5 Å². The van der Waals surface area contributed by atoms with Gasteiger partial charge in [-0.15, -0.1) is 0 Å². The molecule has 146 valence electrons. The van der Waals surface area contributed by atoms with Crippen molar-refractivity contribution < 1.29 is 5.11 Å². The molecule has 1 aliphatic carbocycles. The van der Waals surface area contributed by atoms with Gasteiger partial charge in [-0.1, -0.05) is 27.7 Å². The van der Waals surface area contributed by atoms with Gasteiger partial charge in [0.05, 0.1) is 12.1 Å². The average Bonchev–Trinajstić information content (AvgIpc) is 3.23. The fraction of sp³-hybridized carbons (Fsp3) is 0.800. The maximum atomic E-state index is 10.3. The number of imidazole rings is 1. The summed E-state index contributed by atoms with van der Waals surface area (Å²) in [6.45, 7) is 12.5. The minimum absolute atomic E-state index is 0.0280. The van der Waals surface area contributed by atoms with Gasteiger partial charge in [0.25, 0.3) is 0 Å². The molecule has 0 amide bonds. The zero-order chi connectivity index (χ0) is 18.9. The van der Waals surface area contributed by atoms with Crippen molar-refractivity contribution in [2.75, 3.05) is 18.4 Å². The molecule has 1 aliphatic heterocycles. The number of rotatable bonds is 6. The van der Waals surface area contributed by atoms with E-state index in [2.05, 4.69) is 43.3 Å². The molecule has 0 unspecified atom stereocenters.